The predicted octanol–water partition coefficient (Wildman–Crippen LogP) is 5.68. The van der Waals surface area contributed by atoms with E-state index in [9.17, 15) is 9.18 Å². The molecule has 0 aliphatic carbocycles. The van der Waals surface area contributed by atoms with Gasteiger partial charge in [-0.3, -0.25) is 4.79 Å². The average molecular weight is 465 g/mol. The van der Waals surface area contributed by atoms with E-state index in [1.54, 1.807) is 30.6 Å². The van der Waals surface area contributed by atoms with E-state index < -0.39 is 0 Å². The molecule has 0 bridgehead atoms. The van der Waals surface area contributed by atoms with Crippen molar-refractivity contribution in [3.8, 4) is 11.4 Å². The number of hydrogen-bond acceptors (Lipinski definition) is 4. The van der Waals surface area contributed by atoms with Gasteiger partial charge in [-0.05, 0) is 68.1 Å². The second kappa shape index (κ2) is 8.75. The van der Waals surface area contributed by atoms with Crippen LogP contribution in [-0.2, 0) is 6.42 Å². The summed E-state index contributed by atoms with van der Waals surface area (Å²) in [4.78, 5) is 17.7. The second-order valence-electron chi connectivity index (χ2n) is 8.18. The first-order valence-electron chi connectivity index (χ1n) is 10.7. The van der Waals surface area contributed by atoms with Crippen LogP contribution in [0.1, 0.15) is 35.8 Å². The van der Waals surface area contributed by atoms with Gasteiger partial charge in [0.1, 0.15) is 23.4 Å². The number of nitrogens with zero attached hydrogens (tertiary/aromatic N) is 3. The van der Waals surface area contributed by atoms with Crippen molar-refractivity contribution < 1.29 is 8.68 Å². The predicted molar refractivity (Wildman–Crippen MR) is 126 cm³/mol. The SMILES string of the molecule is Cc1cn(-c2ccc(Nc3ccc4n(c3=O)C(c3ccc(F)cc3)CCC4)cc2OCl)cn1. The van der Waals surface area contributed by atoms with Gasteiger partial charge >= 0.3 is 0 Å². The molecule has 1 aliphatic rings. The molecule has 168 valence electrons. The number of hydrogen-bond donors (Lipinski definition) is 1. The lowest BCUT2D eigenvalue weighted by atomic mass is 9.95. The second-order valence-corrected chi connectivity index (χ2v) is 8.33. The van der Waals surface area contributed by atoms with Crippen molar-refractivity contribution in [3.05, 3.63) is 100 Å². The van der Waals surface area contributed by atoms with Gasteiger partial charge in [-0.15, -0.1) is 0 Å². The van der Waals surface area contributed by atoms with Gasteiger partial charge in [0.05, 0.1) is 23.8 Å². The summed E-state index contributed by atoms with van der Waals surface area (Å²) in [5.74, 6) is 0.144. The number of rotatable bonds is 5. The van der Waals surface area contributed by atoms with Gasteiger partial charge in [-0.1, -0.05) is 12.1 Å². The van der Waals surface area contributed by atoms with Crippen molar-refractivity contribution in [1.29, 1.82) is 0 Å². The molecule has 33 heavy (non-hydrogen) atoms. The van der Waals surface area contributed by atoms with Crippen LogP contribution >= 0.6 is 11.9 Å². The van der Waals surface area contributed by atoms with Crippen molar-refractivity contribution in [2.24, 2.45) is 0 Å². The van der Waals surface area contributed by atoms with Crippen molar-refractivity contribution in [3.63, 3.8) is 0 Å². The van der Waals surface area contributed by atoms with Gasteiger partial charge in [0.15, 0.2) is 5.75 Å². The summed E-state index contributed by atoms with van der Waals surface area (Å²) in [6, 6.07) is 15.5. The van der Waals surface area contributed by atoms with Crippen LogP contribution in [0.2, 0.25) is 0 Å². The van der Waals surface area contributed by atoms with Crippen LogP contribution in [0.15, 0.2) is 71.9 Å². The Kier molecular flexibility index (Phi) is 5.64. The van der Waals surface area contributed by atoms with E-state index in [2.05, 4.69) is 10.3 Å². The third-order valence-corrected chi connectivity index (χ3v) is 6.16. The fourth-order valence-corrected chi connectivity index (χ4v) is 4.54. The zero-order valence-electron chi connectivity index (χ0n) is 18.0. The van der Waals surface area contributed by atoms with Gasteiger partial charge in [0.25, 0.3) is 5.56 Å². The normalized spacial score (nSPS) is 15.2. The molecular weight excluding hydrogens is 443 g/mol. The van der Waals surface area contributed by atoms with Crippen LogP contribution in [0.25, 0.3) is 5.69 Å². The molecule has 3 heterocycles. The fraction of sp³-hybridized carbons (Fsp3) is 0.200. The Morgan fingerprint density at radius 1 is 1.15 bits per heavy atom. The largest absolute Gasteiger partial charge is 0.383 e. The van der Waals surface area contributed by atoms with Gasteiger partial charge in [-0.2, -0.15) is 0 Å². The maximum atomic E-state index is 13.5. The van der Waals surface area contributed by atoms with Crippen LogP contribution in [0, 0.1) is 12.7 Å². The molecule has 1 N–H and O–H groups in total. The summed E-state index contributed by atoms with van der Waals surface area (Å²) in [5, 5.41) is 3.21. The highest BCUT2D eigenvalue weighted by Crippen LogP contribution is 2.32. The minimum Gasteiger partial charge on any atom is -0.383 e. The number of aromatic nitrogens is 3. The van der Waals surface area contributed by atoms with Crippen molar-refractivity contribution in [2.75, 3.05) is 5.32 Å². The first-order valence-corrected chi connectivity index (χ1v) is 11.0. The van der Waals surface area contributed by atoms with Crippen molar-refractivity contribution in [2.45, 2.75) is 32.2 Å². The molecule has 4 aromatic rings. The fourth-order valence-electron chi connectivity index (χ4n) is 4.41. The van der Waals surface area contributed by atoms with E-state index in [0.29, 0.717) is 17.1 Å². The summed E-state index contributed by atoms with van der Waals surface area (Å²) in [6.45, 7) is 1.90. The quantitative estimate of drug-likeness (QED) is 0.412. The summed E-state index contributed by atoms with van der Waals surface area (Å²) in [5.41, 5.74) is 4.49. The topological polar surface area (TPSA) is 61.1 Å². The lowest BCUT2D eigenvalue weighted by Crippen LogP contribution is -2.32. The smallest absolute Gasteiger partial charge is 0.275 e. The molecule has 2 aromatic heterocycles. The Hall–Kier alpha value is -3.58. The highest BCUT2D eigenvalue weighted by Gasteiger charge is 2.24. The zero-order valence-corrected chi connectivity index (χ0v) is 18.7. The summed E-state index contributed by atoms with van der Waals surface area (Å²) < 4.78 is 22.1. The van der Waals surface area contributed by atoms with Gasteiger partial charge in [-0.25, -0.2) is 9.37 Å². The number of benzene rings is 2. The lowest BCUT2D eigenvalue weighted by molar-refractivity contribution is 0.442. The molecule has 5 rings (SSSR count). The first-order chi connectivity index (χ1) is 16.0. The highest BCUT2D eigenvalue weighted by atomic mass is 35.5. The van der Waals surface area contributed by atoms with E-state index in [4.69, 9.17) is 16.2 Å². The molecule has 6 nitrogen and oxygen atoms in total. The van der Waals surface area contributed by atoms with E-state index in [1.807, 2.05) is 40.5 Å². The summed E-state index contributed by atoms with van der Waals surface area (Å²) >= 11 is 5.73. The van der Waals surface area contributed by atoms with Crippen LogP contribution < -0.4 is 15.2 Å². The monoisotopic (exact) mass is 464 g/mol. The van der Waals surface area contributed by atoms with Gasteiger partial charge in [0, 0.05) is 23.6 Å². The van der Waals surface area contributed by atoms with E-state index >= 15 is 0 Å². The molecular formula is C25H22ClFN4O2. The zero-order chi connectivity index (χ0) is 22.9. The molecule has 0 spiro atoms. The first kappa shape index (κ1) is 21.3. The van der Waals surface area contributed by atoms with Gasteiger partial charge < -0.3 is 18.7 Å². The van der Waals surface area contributed by atoms with E-state index in [-0.39, 0.29) is 17.4 Å². The molecule has 1 unspecified atom stereocenters. The van der Waals surface area contributed by atoms with Crippen LogP contribution in [0.3, 0.4) is 0 Å². The number of halogens is 2. The number of imidazole rings is 1. The van der Waals surface area contributed by atoms with E-state index in [1.165, 1.54) is 12.1 Å². The number of anilines is 2. The number of fused-ring (bicyclic) bond motifs is 1. The maximum absolute atomic E-state index is 13.5. The maximum Gasteiger partial charge on any atom is 0.275 e. The van der Waals surface area contributed by atoms with E-state index in [0.717, 1.165) is 41.9 Å². The van der Waals surface area contributed by atoms with Crippen molar-refractivity contribution >= 4 is 23.2 Å². The Bertz CT molecular complexity index is 1360. The van der Waals surface area contributed by atoms with Gasteiger partial charge in [0.2, 0.25) is 0 Å². The molecule has 8 heteroatoms. The highest BCUT2D eigenvalue weighted by molar-refractivity contribution is 6.09. The lowest BCUT2D eigenvalue weighted by Gasteiger charge is -2.29. The molecule has 0 saturated heterocycles. The minimum absolute atomic E-state index is 0.121. The van der Waals surface area contributed by atoms with Crippen LogP contribution in [0.5, 0.6) is 5.75 Å². The van der Waals surface area contributed by atoms with Crippen LogP contribution in [-0.4, -0.2) is 14.1 Å². The third-order valence-electron chi connectivity index (χ3n) is 5.99. The minimum atomic E-state index is -0.288. The molecule has 2 aromatic carbocycles. The average Bonchev–Trinajstić information content (AvgIpc) is 3.27. The number of aryl methyl sites for hydroxylation is 2. The molecule has 1 atom stereocenters. The summed E-state index contributed by atoms with van der Waals surface area (Å²) in [7, 11) is 0. The summed E-state index contributed by atoms with van der Waals surface area (Å²) in [6.07, 6.45) is 6.18. The van der Waals surface area contributed by atoms with Crippen LogP contribution in [0.4, 0.5) is 15.8 Å². The third kappa shape index (κ3) is 4.12. The molecule has 0 fully saturated rings. The number of nitrogens with one attached hydrogen (secondary N) is 1. The standard InChI is InChI=1S/C25H22ClFN4O2/c1-16-14-30(15-28-16)23-12-9-19(13-24(23)33-26)29-21-11-10-20-3-2-4-22(31(20)25(21)32)17-5-7-18(27)8-6-17/h5-15,22,29H,2-4H2,1H3. The Morgan fingerprint density at radius 3 is 2.70 bits per heavy atom. The Morgan fingerprint density at radius 2 is 1.97 bits per heavy atom. The molecule has 0 saturated carbocycles. The van der Waals surface area contributed by atoms with Crippen molar-refractivity contribution in [1.82, 2.24) is 14.1 Å². The Labute approximate surface area is 195 Å². The molecule has 1 aliphatic heterocycles. The molecule has 0 radical (unpaired) electrons. The molecule has 0 amide bonds. The Balaban J connectivity index is 1.49. The number of pyridine rings is 1.